The summed E-state index contributed by atoms with van der Waals surface area (Å²) >= 11 is 0. The van der Waals surface area contributed by atoms with Crippen LogP contribution in [0.1, 0.15) is 23.1 Å². The third-order valence-electron chi connectivity index (χ3n) is 9.46. The molecule has 15 heteroatoms. The Morgan fingerprint density at radius 1 is 1.06 bits per heavy atom. The molecule has 15 nitrogen and oxygen atoms in total. The van der Waals surface area contributed by atoms with Crippen LogP contribution in [0.5, 0.6) is 34.5 Å². The van der Waals surface area contributed by atoms with Gasteiger partial charge in [-0.2, -0.15) is 0 Å². The predicted molar refractivity (Wildman–Crippen MR) is 160 cm³/mol. The van der Waals surface area contributed by atoms with Crippen LogP contribution in [0.15, 0.2) is 48.5 Å². The van der Waals surface area contributed by atoms with Crippen LogP contribution in [0.4, 0.5) is 0 Å². The number of methoxy groups -OCH3 is 2. The van der Waals surface area contributed by atoms with Gasteiger partial charge in [-0.15, -0.1) is 0 Å². The quantitative estimate of drug-likeness (QED) is 0.170. The van der Waals surface area contributed by atoms with Crippen LogP contribution in [0.2, 0.25) is 0 Å². The Bertz CT molecular complexity index is 1740. The first-order valence-electron chi connectivity index (χ1n) is 14.8. The number of hydrogen-bond acceptors (Lipinski definition) is 14. The van der Waals surface area contributed by atoms with Gasteiger partial charge in [0.25, 0.3) is 0 Å². The molecule has 0 saturated carbocycles. The second-order valence-corrected chi connectivity index (χ2v) is 11.8. The zero-order valence-corrected chi connectivity index (χ0v) is 25.4. The highest BCUT2D eigenvalue weighted by Crippen LogP contribution is 2.59. The highest BCUT2D eigenvalue weighted by atomic mass is 16.7. The average molecular weight is 655 g/mol. The van der Waals surface area contributed by atoms with Crippen molar-refractivity contribution in [2.75, 3.05) is 27.8 Å². The van der Waals surface area contributed by atoms with Crippen molar-refractivity contribution in [3.8, 4) is 45.6 Å². The van der Waals surface area contributed by atoms with Crippen molar-refractivity contribution >= 4 is 5.97 Å². The van der Waals surface area contributed by atoms with Gasteiger partial charge in [0.2, 0.25) is 23.9 Å². The number of aliphatic carboxylic acids is 1. The number of aromatic hydroxyl groups is 1. The minimum atomic E-state index is -2.51. The summed E-state index contributed by atoms with van der Waals surface area (Å²) in [5.74, 6) is -1.10. The number of rotatable bonds is 7. The fourth-order valence-electron chi connectivity index (χ4n) is 7.14. The van der Waals surface area contributed by atoms with Gasteiger partial charge in [-0.25, -0.2) is 4.79 Å². The van der Waals surface area contributed by atoms with Crippen LogP contribution in [0.25, 0.3) is 11.1 Å². The van der Waals surface area contributed by atoms with Crippen LogP contribution in [-0.4, -0.2) is 107 Å². The number of nitrogens with one attached hydrogen (secondary N) is 2. The van der Waals surface area contributed by atoms with E-state index in [1.165, 1.54) is 39.5 Å². The Morgan fingerprint density at radius 2 is 1.85 bits per heavy atom. The number of carboxylic acid groups (broad SMARTS) is 1. The van der Waals surface area contributed by atoms with E-state index in [0.29, 0.717) is 39.5 Å². The molecule has 0 aliphatic carbocycles. The summed E-state index contributed by atoms with van der Waals surface area (Å²) in [6, 6.07) is 11.7. The van der Waals surface area contributed by atoms with E-state index in [9.17, 15) is 35.4 Å². The third kappa shape index (κ3) is 4.42. The third-order valence-corrected chi connectivity index (χ3v) is 9.46. The maximum absolute atomic E-state index is 12.6. The lowest BCUT2D eigenvalue weighted by molar-refractivity contribution is -0.362. The van der Waals surface area contributed by atoms with Gasteiger partial charge in [-0.3, -0.25) is 5.32 Å². The molecule has 4 aliphatic rings. The molecule has 7 rings (SSSR count). The zero-order chi connectivity index (χ0) is 33.4. The monoisotopic (exact) mass is 654 g/mol. The molecule has 2 fully saturated rings. The van der Waals surface area contributed by atoms with E-state index < -0.39 is 60.1 Å². The van der Waals surface area contributed by atoms with E-state index in [4.69, 9.17) is 28.4 Å². The fourth-order valence-corrected chi connectivity index (χ4v) is 7.14. The van der Waals surface area contributed by atoms with Crippen molar-refractivity contribution in [3.05, 3.63) is 59.7 Å². The summed E-state index contributed by atoms with van der Waals surface area (Å²) in [5.41, 5.74) is -2.87. The number of fused-ring (bicyclic) bond motifs is 7. The molecule has 2 bridgehead atoms. The van der Waals surface area contributed by atoms with E-state index in [-0.39, 0.29) is 23.8 Å². The molecule has 9 atom stereocenters. The number of carbonyl (C=O) groups is 1. The van der Waals surface area contributed by atoms with Crippen molar-refractivity contribution in [2.45, 2.75) is 54.2 Å². The van der Waals surface area contributed by atoms with Gasteiger partial charge < -0.3 is 64.4 Å². The van der Waals surface area contributed by atoms with Gasteiger partial charge in [0.05, 0.1) is 26.2 Å². The van der Waals surface area contributed by atoms with Gasteiger partial charge in [-0.05, 0) is 42.4 Å². The molecule has 47 heavy (non-hydrogen) atoms. The number of likely N-dealkylation sites (N-methyl/N-ethyl adjacent to an activating group) is 1. The molecule has 4 aliphatic heterocycles. The molecule has 0 spiro atoms. The van der Waals surface area contributed by atoms with Crippen molar-refractivity contribution in [1.29, 1.82) is 0 Å². The Hall–Kier alpha value is -4.35. The number of piperidine rings is 1. The topological polar surface area (TPSA) is 218 Å². The molecule has 0 radical (unpaired) electrons. The van der Waals surface area contributed by atoms with E-state index in [0.717, 1.165) is 0 Å². The number of aliphatic hydroxyl groups is 4. The summed E-state index contributed by atoms with van der Waals surface area (Å²) in [5, 5.41) is 70.7. The van der Waals surface area contributed by atoms with Crippen molar-refractivity contribution in [2.24, 2.45) is 0 Å². The number of ether oxygens (including phenoxy) is 6. The van der Waals surface area contributed by atoms with Gasteiger partial charge in [0.1, 0.15) is 29.5 Å². The molecule has 4 heterocycles. The summed E-state index contributed by atoms with van der Waals surface area (Å²) in [4.78, 5) is 12.6. The van der Waals surface area contributed by atoms with Gasteiger partial charge in [0.15, 0.2) is 23.3 Å². The van der Waals surface area contributed by atoms with Crippen molar-refractivity contribution < 1.29 is 63.9 Å². The Labute approximate surface area is 267 Å². The first-order valence-corrected chi connectivity index (χ1v) is 14.8. The van der Waals surface area contributed by atoms with E-state index in [1.54, 1.807) is 30.3 Å². The van der Waals surface area contributed by atoms with Crippen molar-refractivity contribution in [3.63, 3.8) is 0 Å². The predicted octanol–water partition coefficient (Wildman–Crippen LogP) is 0.165. The van der Waals surface area contributed by atoms with Gasteiger partial charge in [0, 0.05) is 23.7 Å². The molecule has 3 aromatic carbocycles. The van der Waals surface area contributed by atoms with Gasteiger partial charge in [-0.1, -0.05) is 18.2 Å². The maximum Gasteiger partial charge on any atom is 0.340 e. The van der Waals surface area contributed by atoms with Crippen LogP contribution in [-0.2, 0) is 9.53 Å². The average Bonchev–Trinajstić information content (AvgIpc) is 3.45. The Kier molecular flexibility index (Phi) is 7.40. The normalized spacial score (nSPS) is 33.4. The Morgan fingerprint density at radius 3 is 2.53 bits per heavy atom. The van der Waals surface area contributed by atoms with E-state index in [2.05, 4.69) is 10.6 Å². The summed E-state index contributed by atoms with van der Waals surface area (Å²) in [6.45, 7) is -0.159. The molecular formula is C32H34N2O13. The first kappa shape index (κ1) is 31.3. The van der Waals surface area contributed by atoms with E-state index >= 15 is 0 Å². The van der Waals surface area contributed by atoms with Crippen LogP contribution in [0, 0.1) is 0 Å². The summed E-state index contributed by atoms with van der Waals surface area (Å²) < 4.78 is 35.4. The standard InChI is InChI=1S/C32H34N2O13/c1-33-20-12-34-32(41)26(36)28(47-31(20,29(32)38)30(39)40)44-15-10-17(13-5-4-6-14(35)9-13)21-19(11-15)45-27(37)22-16-7-8-18(42-2)24(43-3)23(16)46-25(21)22/h4-11,20,22,25-29,33-38,41H,12H2,1-3H3,(H,39,40)/t20-,22+,25+,26+,27+,28-,29-,31+,32-/m1/s1. The highest BCUT2D eigenvalue weighted by molar-refractivity contribution is 5.81. The summed E-state index contributed by atoms with van der Waals surface area (Å²) in [6.07, 6.45) is -8.08. The largest absolute Gasteiger partial charge is 0.508 e. The van der Waals surface area contributed by atoms with Crippen LogP contribution in [0.3, 0.4) is 0 Å². The molecule has 2 saturated heterocycles. The molecule has 0 amide bonds. The minimum absolute atomic E-state index is 0.0221. The Balaban J connectivity index is 1.34. The van der Waals surface area contributed by atoms with Crippen molar-refractivity contribution in [1.82, 2.24) is 10.6 Å². The lowest BCUT2D eigenvalue weighted by Gasteiger charge is -2.58. The molecule has 3 aromatic rings. The lowest BCUT2D eigenvalue weighted by Crippen LogP contribution is -2.87. The SMILES string of the molecule is CN[C@@H]1CN[C@@]2(O)[C@@H](O)[C@H](Oc3cc4c(c(-c5cccc(O)c5)c3)[C@@H]3Oc5c(ccc(OC)c5OC)[C@@H]3[C@@H](O)O4)O[C@]1(C(=O)O)[C@H]2O. The number of phenolic OH excluding ortho intramolecular Hbond substituents is 1. The number of phenols is 1. The summed E-state index contributed by atoms with van der Waals surface area (Å²) in [7, 11) is 4.43. The second-order valence-electron chi connectivity index (χ2n) is 11.8. The fraction of sp³-hybridized carbons (Fsp3) is 0.406. The second kappa shape index (κ2) is 11.1. The number of benzene rings is 3. The number of aliphatic hydroxyl groups excluding tert-OH is 3. The lowest BCUT2D eigenvalue weighted by atomic mass is 9.74. The maximum atomic E-state index is 12.6. The first-order chi connectivity index (χ1) is 22.5. The van der Waals surface area contributed by atoms with Crippen LogP contribution < -0.4 is 34.3 Å². The van der Waals surface area contributed by atoms with Gasteiger partial charge >= 0.3 is 5.97 Å². The molecule has 0 aromatic heterocycles. The van der Waals surface area contributed by atoms with Crippen LogP contribution >= 0.6 is 0 Å². The molecular weight excluding hydrogens is 620 g/mol. The number of hydrogen-bond donors (Lipinski definition) is 8. The smallest absolute Gasteiger partial charge is 0.340 e. The molecule has 250 valence electrons. The molecule has 8 N–H and O–H groups in total. The molecule has 0 unspecified atom stereocenters. The highest BCUT2D eigenvalue weighted by Gasteiger charge is 2.71. The zero-order valence-electron chi connectivity index (χ0n) is 25.4. The minimum Gasteiger partial charge on any atom is -0.508 e. The van der Waals surface area contributed by atoms with E-state index in [1.807, 2.05) is 0 Å². The number of carboxylic acids is 1.